The number of esters is 4. The molecular weight excluding hydrogens is 468 g/mol. The second-order valence-corrected chi connectivity index (χ2v) is 12.1. The van der Waals surface area contributed by atoms with E-state index < -0.39 is 65.0 Å². The smallest absolute Gasteiger partial charge is 0.313 e. The fraction of sp³-hybridized carbons (Fsp3) is 0.852. The lowest BCUT2D eigenvalue weighted by atomic mass is 9.37. The van der Waals surface area contributed by atoms with Crippen LogP contribution in [0.25, 0.3) is 0 Å². The normalized spacial score (nSPS) is 42.8. The maximum atomic E-state index is 13.3. The number of aliphatic hydroxyl groups is 1. The first-order chi connectivity index (χ1) is 16.9. The Kier molecular flexibility index (Phi) is 6.94. The van der Waals surface area contributed by atoms with Gasteiger partial charge in [-0.15, -0.1) is 0 Å². The molecule has 0 aromatic rings. The largest absolute Gasteiger partial charge is 0.469 e. The summed E-state index contributed by atoms with van der Waals surface area (Å²) in [5, 5.41) is 11.5. The summed E-state index contributed by atoms with van der Waals surface area (Å²) in [6.45, 7) is 9.56. The van der Waals surface area contributed by atoms with Gasteiger partial charge in [-0.2, -0.15) is 0 Å². The van der Waals surface area contributed by atoms with Crippen LogP contribution in [0.15, 0.2) is 0 Å². The zero-order valence-corrected chi connectivity index (χ0v) is 22.2. The summed E-state index contributed by atoms with van der Waals surface area (Å²) in [6, 6.07) is 0. The molecule has 0 radical (unpaired) electrons. The number of carbonyl (C=O) groups is 4. The van der Waals surface area contributed by atoms with Crippen molar-refractivity contribution in [3.8, 4) is 0 Å². The fourth-order valence-electron chi connectivity index (χ4n) is 8.82. The Bertz CT molecular complexity index is 928. The van der Waals surface area contributed by atoms with E-state index in [9.17, 15) is 24.3 Å². The van der Waals surface area contributed by atoms with Crippen LogP contribution in [0.5, 0.6) is 0 Å². The van der Waals surface area contributed by atoms with E-state index in [-0.39, 0.29) is 23.7 Å². The molecule has 3 saturated carbocycles. The maximum Gasteiger partial charge on any atom is 0.313 e. The van der Waals surface area contributed by atoms with Crippen molar-refractivity contribution in [1.29, 1.82) is 0 Å². The Balaban J connectivity index is 1.98. The van der Waals surface area contributed by atoms with Crippen molar-refractivity contribution in [3.05, 3.63) is 0 Å². The third-order valence-electron chi connectivity index (χ3n) is 9.74. The Morgan fingerprint density at radius 3 is 2.42 bits per heavy atom. The van der Waals surface area contributed by atoms with Gasteiger partial charge < -0.3 is 24.1 Å². The van der Waals surface area contributed by atoms with Crippen molar-refractivity contribution in [2.75, 3.05) is 7.11 Å². The highest BCUT2D eigenvalue weighted by atomic mass is 16.7. The van der Waals surface area contributed by atoms with E-state index >= 15 is 0 Å². The number of aliphatic hydroxyl groups excluding tert-OH is 1. The van der Waals surface area contributed by atoms with Gasteiger partial charge in [-0.25, -0.2) is 0 Å². The van der Waals surface area contributed by atoms with Crippen LogP contribution in [0.3, 0.4) is 0 Å². The minimum atomic E-state index is -1.62. The summed E-state index contributed by atoms with van der Waals surface area (Å²) >= 11 is 0. The maximum absolute atomic E-state index is 13.3. The van der Waals surface area contributed by atoms with Crippen molar-refractivity contribution >= 4 is 23.9 Å². The van der Waals surface area contributed by atoms with Crippen molar-refractivity contribution in [2.24, 2.45) is 39.9 Å². The summed E-state index contributed by atoms with van der Waals surface area (Å²) in [5.41, 5.74) is -2.19. The van der Waals surface area contributed by atoms with Crippen LogP contribution < -0.4 is 0 Å². The molecule has 1 saturated heterocycles. The molecule has 1 aliphatic heterocycles. The van der Waals surface area contributed by atoms with Gasteiger partial charge in [-0.1, -0.05) is 34.1 Å². The lowest BCUT2D eigenvalue weighted by molar-refractivity contribution is -0.309. The Morgan fingerprint density at radius 1 is 1.11 bits per heavy atom. The van der Waals surface area contributed by atoms with Crippen molar-refractivity contribution < 1.29 is 43.2 Å². The molecule has 0 aromatic carbocycles. The van der Waals surface area contributed by atoms with Gasteiger partial charge in [0.1, 0.15) is 6.10 Å². The molecule has 9 nitrogen and oxygen atoms in total. The molecule has 202 valence electrons. The number of ether oxygens (including phenoxy) is 4. The summed E-state index contributed by atoms with van der Waals surface area (Å²) in [4.78, 5) is 51.7. The molecule has 4 aliphatic rings. The fourth-order valence-corrected chi connectivity index (χ4v) is 8.82. The summed E-state index contributed by atoms with van der Waals surface area (Å²) in [5.74, 6) is -4.78. The highest BCUT2D eigenvalue weighted by Gasteiger charge is 2.79. The highest BCUT2D eigenvalue weighted by molar-refractivity contribution is 5.85. The average Bonchev–Trinajstić information content (AvgIpc) is 3.05. The Labute approximate surface area is 212 Å². The average molecular weight is 509 g/mol. The third kappa shape index (κ3) is 3.75. The molecule has 4 fully saturated rings. The molecule has 0 amide bonds. The molecule has 9 heteroatoms. The van der Waals surface area contributed by atoms with Gasteiger partial charge in [0.05, 0.1) is 24.4 Å². The first kappa shape index (κ1) is 26.9. The van der Waals surface area contributed by atoms with Gasteiger partial charge in [-0.3, -0.25) is 19.2 Å². The summed E-state index contributed by atoms with van der Waals surface area (Å²) in [6.07, 6.45) is 0.607. The Morgan fingerprint density at radius 2 is 1.81 bits per heavy atom. The molecule has 36 heavy (non-hydrogen) atoms. The van der Waals surface area contributed by atoms with Gasteiger partial charge in [0, 0.05) is 19.3 Å². The van der Waals surface area contributed by atoms with Crippen LogP contribution in [-0.4, -0.2) is 54.6 Å². The first-order valence-electron chi connectivity index (χ1n) is 13.2. The van der Waals surface area contributed by atoms with Gasteiger partial charge in [0.25, 0.3) is 0 Å². The minimum absolute atomic E-state index is 0.190. The number of carbonyl (C=O) groups excluding carboxylic acids is 4. The monoisotopic (exact) mass is 508 g/mol. The van der Waals surface area contributed by atoms with Crippen molar-refractivity contribution in [3.63, 3.8) is 0 Å². The van der Waals surface area contributed by atoms with Crippen LogP contribution in [-0.2, 0) is 38.1 Å². The number of methoxy groups -OCH3 is 1. The zero-order valence-electron chi connectivity index (χ0n) is 22.2. The predicted octanol–water partition coefficient (Wildman–Crippen LogP) is 3.15. The third-order valence-corrected chi connectivity index (χ3v) is 9.74. The number of rotatable bonds is 5. The quantitative estimate of drug-likeness (QED) is 0.440. The van der Waals surface area contributed by atoms with E-state index in [0.717, 1.165) is 19.3 Å². The molecule has 1 N–H and O–H groups in total. The van der Waals surface area contributed by atoms with E-state index in [1.807, 2.05) is 6.92 Å². The standard InChI is InChI=1S/C27H40O9/c1-7-9-17(29)35-19-20-25(3,4)12-8-13-26(20,5)16-11-10-15(22(30)33-6)18-23(31)36-24(32)27(16,18)21(19)34-14(2)28/h15-16,18-21,24,32H,7-13H2,1-6H3/t15-,16?,18+,19-,20+,21-,24?,26-,27+/m1/s1. The van der Waals surface area contributed by atoms with Gasteiger partial charge >= 0.3 is 23.9 Å². The van der Waals surface area contributed by atoms with Gasteiger partial charge in [0.2, 0.25) is 6.29 Å². The number of fused-ring (bicyclic) bond motifs is 2. The number of hydrogen-bond donors (Lipinski definition) is 1. The summed E-state index contributed by atoms with van der Waals surface area (Å²) in [7, 11) is 1.26. The number of hydrogen-bond acceptors (Lipinski definition) is 9. The van der Waals surface area contributed by atoms with Gasteiger partial charge in [-0.05, 0) is 48.9 Å². The molecule has 3 aliphatic carbocycles. The molecule has 0 bridgehead atoms. The van der Waals surface area contributed by atoms with E-state index in [1.54, 1.807) is 0 Å². The molecule has 9 atom stereocenters. The Hall–Kier alpha value is -2.16. The minimum Gasteiger partial charge on any atom is -0.469 e. The zero-order chi connectivity index (χ0) is 26.6. The predicted molar refractivity (Wildman–Crippen MR) is 126 cm³/mol. The van der Waals surface area contributed by atoms with E-state index in [2.05, 4.69) is 20.8 Å². The van der Waals surface area contributed by atoms with E-state index in [0.29, 0.717) is 19.3 Å². The van der Waals surface area contributed by atoms with Gasteiger partial charge in [0.15, 0.2) is 6.10 Å². The van der Waals surface area contributed by atoms with Crippen molar-refractivity contribution in [1.82, 2.24) is 0 Å². The summed E-state index contributed by atoms with van der Waals surface area (Å²) < 4.78 is 22.6. The van der Waals surface area contributed by atoms with Crippen molar-refractivity contribution in [2.45, 2.75) is 98.1 Å². The highest BCUT2D eigenvalue weighted by Crippen LogP contribution is 2.72. The van der Waals surface area contributed by atoms with Crippen LogP contribution in [0.2, 0.25) is 0 Å². The van der Waals surface area contributed by atoms with E-state index in [1.165, 1.54) is 14.0 Å². The van der Waals surface area contributed by atoms with Crippen LogP contribution >= 0.6 is 0 Å². The number of cyclic esters (lactones) is 1. The molecule has 4 rings (SSSR count). The van der Waals surface area contributed by atoms with E-state index in [4.69, 9.17) is 18.9 Å². The lowest BCUT2D eigenvalue weighted by Gasteiger charge is -2.68. The topological polar surface area (TPSA) is 125 Å². The molecule has 1 heterocycles. The van der Waals surface area contributed by atoms with Crippen LogP contribution in [0, 0.1) is 39.9 Å². The second-order valence-electron chi connectivity index (χ2n) is 12.1. The SMILES string of the molecule is CCCC(=O)O[C@H]1[C@@H](OC(C)=O)[C@@]23C(O)OC(=O)[C@@H]2[C@H](C(=O)OC)CCC3[C@@]2(C)CCCC(C)(C)[C@H]12. The molecule has 2 unspecified atom stereocenters. The first-order valence-corrected chi connectivity index (χ1v) is 13.2. The van der Waals surface area contributed by atoms with Crippen LogP contribution in [0.1, 0.15) is 79.6 Å². The molecule has 0 aromatic heterocycles. The molecule has 1 spiro atoms. The lowest BCUT2D eigenvalue weighted by Crippen LogP contribution is -2.74. The molecular formula is C27H40O9. The van der Waals surface area contributed by atoms with Crippen LogP contribution in [0.4, 0.5) is 0 Å². The second kappa shape index (κ2) is 9.30.